The number of benzene rings is 1. The van der Waals surface area contributed by atoms with Crippen LogP contribution in [0, 0.1) is 20.8 Å². The van der Waals surface area contributed by atoms with Crippen molar-refractivity contribution in [3.63, 3.8) is 0 Å². The number of hydrogen-bond donors (Lipinski definition) is 0. The zero-order chi connectivity index (χ0) is 19.3. The Bertz CT molecular complexity index is 1030. The topological polar surface area (TPSA) is 46.3 Å². The maximum Gasteiger partial charge on any atom is 0.164 e. The minimum absolute atomic E-state index is 0.0915. The van der Waals surface area contributed by atoms with Crippen LogP contribution in [0.25, 0.3) is 5.00 Å². The molecular formula is C20H22ClN5S. The second kappa shape index (κ2) is 6.86. The fourth-order valence-electron chi connectivity index (χ4n) is 3.46. The molecule has 27 heavy (non-hydrogen) atoms. The quantitative estimate of drug-likeness (QED) is 0.657. The number of halogens is 1. The molecule has 2 aromatic heterocycles. The molecule has 140 valence electrons. The predicted molar refractivity (Wildman–Crippen MR) is 112 cm³/mol. The van der Waals surface area contributed by atoms with Crippen LogP contribution < -0.4 is 0 Å². The van der Waals surface area contributed by atoms with Crippen molar-refractivity contribution in [2.45, 2.75) is 26.8 Å². The largest absolute Gasteiger partial charge is 0.307 e. The van der Waals surface area contributed by atoms with Crippen LogP contribution in [0.2, 0.25) is 5.02 Å². The highest BCUT2D eigenvalue weighted by Crippen LogP contribution is 2.38. The van der Waals surface area contributed by atoms with E-state index in [0.717, 1.165) is 39.5 Å². The van der Waals surface area contributed by atoms with Crippen molar-refractivity contribution in [1.29, 1.82) is 0 Å². The van der Waals surface area contributed by atoms with E-state index >= 15 is 0 Å². The molecule has 3 aromatic rings. The highest BCUT2D eigenvalue weighted by atomic mass is 35.5. The van der Waals surface area contributed by atoms with Crippen molar-refractivity contribution in [3.05, 3.63) is 62.5 Å². The summed E-state index contributed by atoms with van der Waals surface area (Å²) in [6.07, 6.45) is 0. The molecule has 0 aliphatic carbocycles. The Morgan fingerprint density at radius 3 is 2.48 bits per heavy atom. The number of aryl methyl sites for hydroxylation is 2. The first-order valence-corrected chi connectivity index (χ1v) is 10.1. The van der Waals surface area contributed by atoms with Gasteiger partial charge in [-0.05, 0) is 52.6 Å². The van der Waals surface area contributed by atoms with Gasteiger partial charge in [0, 0.05) is 27.6 Å². The smallest absolute Gasteiger partial charge is 0.164 e. The Hall–Kier alpha value is -2.02. The van der Waals surface area contributed by atoms with Gasteiger partial charge in [-0.3, -0.25) is 9.56 Å². The fourth-order valence-corrected chi connectivity index (χ4v) is 4.80. The summed E-state index contributed by atoms with van der Waals surface area (Å²) < 4.78 is 2.18. The van der Waals surface area contributed by atoms with E-state index in [1.165, 1.54) is 16.0 Å². The van der Waals surface area contributed by atoms with Crippen molar-refractivity contribution in [1.82, 2.24) is 19.7 Å². The van der Waals surface area contributed by atoms with E-state index in [4.69, 9.17) is 16.6 Å². The van der Waals surface area contributed by atoms with Gasteiger partial charge in [-0.15, -0.1) is 21.5 Å². The molecule has 0 saturated carbocycles. The van der Waals surface area contributed by atoms with Crippen LogP contribution in [-0.2, 0) is 0 Å². The van der Waals surface area contributed by atoms with Crippen LogP contribution in [0.5, 0.6) is 0 Å². The van der Waals surface area contributed by atoms with Crippen LogP contribution in [0.4, 0.5) is 0 Å². The van der Waals surface area contributed by atoms with Gasteiger partial charge in [0.1, 0.15) is 16.9 Å². The van der Waals surface area contributed by atoms with Crippen LogP contribution in [0.1, 0.15) is 39.3 Å². The standard InChI is InChI=1S/C20H22ClN5S/c1-11-12(2)27-20-17(11)18(14-6-8-15(21)9-7-14)22-16(10-25(4)5)19-24-23-13(3)26(19)20/h6-9,16H,10H2,1-5H3. The van der Waals surface area contributed by atoms with E-state index in [1.54, 1.807) is 11.3 Å². The maximum absolute atomic E-state index is 6.13. The Morgan fingerprint density at radius 1 is 1.11 bits per heavy atom. The number of nitrogens with zero attached hydrogens (tertiary/aromatic N) is 5. The Labute approximate surface area is 168 Å². The van der Waals surface area contributed by atoms with Gasteiger partial charge >= 0.3 is 0 Å². The number of thiophene rings is 1. The van der Waals surface area contributed by atoms with Gasteiger partial charge in [-0.1, -0.05) is 23.7 Å². The molecule has 3 heterocycles. The van der Waals surface area contributed by atoms with Gasteiger partial charge in [0.05, 0.1) is 5.71 Å². The summed E-state index contributed by atoms with van der Waals surface area (Å²) in [6, 6.07) is 7.84. The van der Waals surface area contributed by atoms with Crippen LogP contribution >= 0.6 is 22.9 Å². The molecule has 1 aromatic carbocycles. The zero-order valence-corrected chi connectivity index (χ0v) is 17.7. The molecule has 1 unspecified atom stereocenters. The number of aromatic nitrogens is 3. The van der Waals surface area contributed by atoms with Crippen molar-refractivity contribution < 1.29 is 0 Å². The van der Waals surface area contributed by atoms with Crippen molar-refractivity contribution in [3.8, 4) is 5.00 Å². The molecular weight excluding hydrogens is 378 g/mol. The predicted octanol–water partition coefficient (Wildman–Crippen LogP) is 4.36. The van der Waals surface area contributed by atoms with Gasteiger partial charge in [0.2, 0.25) is 0 Å². The van der Waals surface area contributed by atoms with Gasteiger partial charge in [-0.2, -0.15) is 0 Å². The summed E-state index contributed by atoms with van der Waals surface area (Å²) in [4.78, 5) is 8.62. The van der Waals surface area contributed by atoms with Crippen molar-refractivity contribution in [2.24, 2.45) is 4.99 Å². The highest BCUT2D eigenvalue weighted by molar-refractivity contribution is 7.15. The summed E-state index contributed by atoms with van der Waals surface area (Å²) in [5, 5.41) is 10.7. The first kappa shape index (κ1) is 18.3. The number of rotatable bonds is 3. The minimum atomic E-state index is -0.0915. The molecule has 0 amide bonds. The molecule has 4 rings (SSSR count). The molecule has 1 atom stereocenters. The van der Waals surface area contributed by atoms with Crippen LogP contribution in [0.15, 0.2) is 29.3 Å². The first-order chi connectivity index (χ1) is 12.9. The van der Waals surface area contributed by atoms with E-state index in [0.29, 0.717) is 0 Å². The van der Waals surface area contributed by atoms with Crippen molar-refractivity contribution in [2.75, 3.05) is 20.6 Å². The summed E-state index contributed by atoms with van der Waals surface area (Å²) in [5.74, 6) is 1.79. The SMILES string of the molecule is Cc1sc2c(c1C)C(c1ccc(Cl)cc1)=NC(CN(C)C)c1nnc(C)n1-2. The average molecular weight is 400 g/mol. The molecule has 1 aliphatic rings. The summed E-state index contributed by atoms with van der Waals surface area (Å²) in [5.41, 5.74) is 4.50. The maximum atomic E-state index is 6.13. The number of aliphatic imine (C=N–C) groups is 1. The Morgan fingerprint density at radius 2 is 1.81 bits per heavy atom. The normalized spacial score (nSPS) is 16.1. The molecule has 0 N–H and O–H groups in total. The van der Waals surface area contributed by atoms with E-state index in [2.05, 4.69) is 47.6 Å². The zero-order valence-electron chi connectivity index (χ0n) is 16.1. The average Bonchev–Trinajstić information content (AvgIpc) is 3.08. The Balaban J connectivity index is 2.02. The molecule has 0 bridgehead atoms. The molecule has 0 saturated heterocycles. The molecule has 1 aliphatic heterocycles. The summed E-state index contributed by atoms with van der Waals surface area (Å²) in [7, 11) is 4.11. The summed E-state index contributed by atoms with van der Waals surface area (Å²) in [6.45, 7) is 7.10. The lowest BCUT2D eigenvalue weighted by molar-refractivity contribution is 0.370. The van der Waals surface area contributed by atoms with Gasteiger partial charge in [-0.25, -0.2) is 0 Å². The minimum Gasteiger partial charge on any atom is -0.307 e. The molecule has 0 fully saturated rings. The summed E-state index contributed by atoms with van der Waals surface area (Å²) >= 11 is 7.90. The van der Waals surface area contributed by atoms with Crippen molar-refractivity contribution >= 4 is 28.6 Å². The van der Waals surface area contributed by atoms with E-state index in [-0.39, 0.29) is 6.04 Å². The fraction of sp³-hybridized carbons (Fsp3) is 0.350. The third-order valence-corrected chi connectivity index (χ3v) is 6.34. The lowest BCUT2D eigenvalue weighted by Crippen LogP contribution is -2.21. The van der Waals surface area contributed by atoms with E-state index in [1.807, 2.05) is 31.2 Å². The van der Waals surface area contributed by atoms with Gasteiger partial charge < -0.3 is 4.90 Å². The second-order valence-corrected chi connectivity index (χ2v) is 8.81. The Kier molecular flexibility index (Phi) is 4.66. The van der Waals surface area contributed by atoms with E-state index < -0.39 is 0 Å². The third kappa shape index (κ3) is 3.12. The molecule has 0 radical (unpaired) electrons. The highest BCUT2D eigenvalue weighted by Gasteiger charge is 2.31. The second-order valence-electron chi connectivity index (χ2n) is 7.17. The van der Waals surface area contributed by atoms with Crippen LogP contribution in [0.3, 0.4) is 0 Å². The van der Waals surface area contributed by atoms with Gasteiger partial charge in [0.25, 0.3) is 0 Å². The number of fused-ring (bicyclic) bond motifs is 3. The van der Waals surface area contributed by atoms with Crippen LogP contribution in [-0.4, -0.2) is 46.0 Å². The lowest BCUT2D eigenvalue weighted by Gasteiger charge is -2.17. The lowest BCUT2D eigenvalue weighted by atomic mass is 10.00. The monoisotopic (exact) mass is 399 g/mol. The van der Waals surface area contributed by atoms with Gasteiger partial charge in [0.15, 0.2) is 5.82 Å². The van der Waals surface area contributed by atoms with E-state index in [9.17, 15) is 0 Å². The number of hydrogen-bond acceptors (Lipinski definition) is 5. The molecule has 0 spiro atoms. The first-order valence-electron chi connectivity index (χ1n) is 8.88. The molecule has 5 nitrogen and oxygen atoms in total. The molecule has 7 heteroatoms. The third-order valence-electron chi connectivity index (χ3n) is 4.90. The number of likely N-dealkylation sites (N-methyl/N-ethyl adjacent to an activating group) is 1.